The van der Waals surface area contributed by atoms with Crippen molar-refractivity contribution in [2.75, 3.05) is 66.7 Å². The van der Waals surface area contributed by atoms with E-state index < -0.39 is 22.4 Å². The number of nitrogens with zero attached hydrogens (tertiary/aromatic N) is 7. The van der Waals surface area contributed by atoms with Crippen LogP contribution in [0.4, 0.5) is 26.4 Å². The molecule has 0 saturated carbocycles. The summed E-state index contributed by atoms with van der Waals surface area (Å²) in [5.41, 5.74) is 7.03. The van der Waals surface area contributed by atoms with Gasteiger partial charge in [0.25, 0.3) is 5.78 Å². The van der Waals surface area contributed by atoms with Gasteiger partial charge in [-0.15, -0.1) is 5.10 Å². The summed E-state index contributed by atoms with van der Waals surface area (Å²) in [6.45, 7) is 4.02. The number of piperazine rings is 1. The molecule has 2 saturated heterocycles. The van der Waals surface area contributed by atoms with Gasteiger partial charge in [-0.3, -0.25) is 9.11 Å². The molecule has 4 aromatic rings. The first-order valence-corrected chi connectivity index (χ1v) is 14.4. The van der Waals surface area contributed by atoms with Crippen LogP contribution in [0.25, 0.3) is 17.4 Å². The Labute approximate surface area is 225 Å². The average Bonchev–Trinajstić information content (AvgIpc) is 3.61. The molecule has 0 atom stereocenters. The summed E-state index contributed by atoms with van der Waals surface area (Å²) in [6.07, 6.45) is 2.87. The number of furan rings is 1. The smallest absolute Gasteiger partial charge is 0.259 e. The molecular formula is C25H29F2N9O2S. The van der Waals surface area contributed by atoms with Crippen molar-refractivity contribution in [1.29, 1.82) is 0 Å². The highest BCUT2D eigenvalue weighted by Crippen LogP contribution is 2.34. The first kappa shape index (κ1) is 25.6. The molecule has 2 aliphatic rings. The fraction of sp³-hybridized carbons (Fsp3) is 0.440. The zero-order chi connectivity index (χ0) is 26.9. The van der Waals surface area contributed by atoms with E-state index in [9.17, 15) is 13.0 Å². The Morgan fingerprint density at radius 1 is 1.08 bits per heavy atom. The maximum atomic E-state index is 14.8. The van der Waals surface area contributed by atoms with Crippen LogP contribution in [0.1, 0.15) is 24.3 Å². The lowest BCUT2D eigenvalue weighted by Gasteiger charge is -2.36. The van der Waals surface area contributed by atoms with Gasteiger partial charge in [0.05, 0.1) is 12.0 Å². The summed E-state index contributed by atoms with van der Waals surface area (Å²) in [5, 5.41) is 7.48. The third kappa shape index (κ3) is 5.43. The number of nitrogen functional groups attached to an aromatic ring is 1. The van der Waals surface area contributed by atoms with E-state index >= 15 is 0 Å². The Balaban J connectivity index is 1.04. The van der Waals surface area contributed by atoms with Gasteiger partial charge < -0.3 is 20.4 Å². The minimum atomic E-state index is -0.829. The number of aromatic nitrogens is 5. The van der Waals surface area contributed by atoms with E-state index in [1.165, 1.54) is 4.52 Å². The van der Waals surface area contributed by atoms with Crippen LogP contribution in [-0.4, -0.2) is 84.4 Å². The first-order chi connectivity index (χ1) is 18.9. The van der Waals surface area contributed by atoms with Gasteiger partial charge in [-0.2, -0.15) is 19.5 Å². The standard InChI is InChI=1S/C25H29F2N9O2S/c26-18-15-19(27)20(14-17(18)16-3-12-39(37)13-4-16)35-9-7-34(8-10-35)6-5-29-24-31-23(28)36-25(32-24)30-22(33-36)21-2-1-11-38-21/h1-2,11,14-16H,3-10,12-13H2,(H3,28,29,30,31,32,33). The molecule has 11 nitrogen and oxygen atoms in total. The highest BCUT2D eigenvalue weighted by Gasteiger charge is 2.26. The molecule has 1 aromatic carbocycles. The van der Waals surface area contributed by atoms with E-state index in [4.69, 9.17) is 10.2 Å². The van der Waals surface area contributed by atoms with E-state index in [0.29, 0.717) is 78.5 Å². The number of fused-ring (bicyclic) bond motifs is 1. The topological polar surface area (TPSA) is 131 Å². The van der Waals surface area contributed by atoms with Crippen LogP contribution in [0.3, 0.4) is 0 Å². The van der Waals surface area contributed by atoms with E-state index in [0.717, 1.165) is 25.7 Å². The van der Waals surface area contributed by atoms with Crippen LogP contribution in [-0.2, 0) is 10.8 Å². The molecule has 3 aromatic heterocycles. The number of nitrogens with two attached hydrogens (primary N) is 1. The lowest BCUT2D eigenvalue weighted by Crippen LogP contribution is -2.48. The van der Waals surface area contributed by atoms with E-state index in [2.05, 4.69) is 30.3 Å². The predicted molar refractivity (Wildman–Crippen MR) is 144 cm³/mol. The van der Waals surface area contributed by atoms with Crippen LogP contribution < -0.4 is 16.0 Å². The molecule has 0 aliphatic carbocycles. The van der Waals surface area contributed by atoms with Crippen molar-refractivity contribution >= 4 is 34.2 Å². The molecule has 6 rings (SSSR count). The summed E-state index contributed by atoms with van der Waals surface area (Å²) < 4.78 is 47.8. The lowest BCUT2D eigenvalue weighted by atomic mass is 9.92. The minimum absolute atomic E-state index is 0.0145. The molecular weight excluding hydrogens is 528 g/mol. The Morgan fingerprint density at radius 2 is 1.87 bits per heavy atom. The second-order valence-corrected chi connectivity index (χ2v) is 11.4. The molecule has 0 unspecified atom stereocenters. The molecule has 3 N–H and O–H groups in total. The van der Waals surface area contributed by atoms with Crippen molar-refractivity contribution < 1.29 is 17.4 Å². The van der Waals surface area contributed by atoms with Crippen LogP contribution >= 0.6 is 0 Å². The van der Waals surface area contributed by atoms with Crippen molar-refractivity contribution in [3.8, 4) is 11.6 Å². The number of benzene rings is 1. The van der Waals surface area contributed by atoms with Gasteiger partial charge in [0.1, 0.15) is 11.6 Å². The zero-order valence-corrected chi connectivity index (χ0v) is 22.0. The summed E-state index contributed by atoms with van der Waals surface area (Å²) in [6, 6.07) is 6.17. The van der Waals surface area contributed by atoms with Crippen molar-refractivity contribution in [3.05, 3.63) is 47.7 Å². The number of hydrogen-bond donors (Lipinski definition) is 2. The van der Waals surface area contributed by atoms with Crippen molar-refractivity contribution in [1.82, 2.24) is 29.5 Å². The van der Waals surface area contributed by atoms with Crippen LogP contribution in [0.15, 0.2) is 34.9 Å². The zero-order valence-electron chi connectivity index (χ0n) is 21.2. The van der Waals surface area contributed by atoms with E-state index in [1.807, 2.05) is 4.90 Å². The first-order valence-electron chi connectivity index (χ1n) is 12.9. The molecule has 5 heterocycles. The van der Waals surface area contributed by atoms with Crippen LogP contribution in [0.5, 0.6) is 0 Å². The number of anilines is 3. The van der Waals surface area contributed by atoms with Crippen LogP contribution in [0, 0.1) is 11.6 Å². The van der Waals surface area contributed by atoms with E-state index in [1.54, 1.807) is 24.5 Å². The van der Waals surface area contributed by atoms with Gasteiger partial charge in [0.2, 0.25) is 17.7 Å². The van der Waals surface area contributed by atoms with Gasteiger partial charge in [-0.25, -0.2) is 8.78 Å². The highest BCUT2D eigenvalue weighted by atomic mass is 32.2. The maximum Gasteiger partial charge on any atom is 0.259 e. The molecule has 14 heteroatoms. The van der Waals surface area contributed by atoms with Gasteiger partial charge >= 0.3 is 0 Å². The van der Waals surface area contributed by atoms with Gasteiger partial charge in [0, 0.05) is 67.6 Å². The molecule has 2 aliphatic heterocycles. The Hall–Kier alpha value is -3.65. The number of nitrogens with one attached hydrogen (secondary N) is 1. The second-order valence-electron chi connectivity index (χ2n) is 9.73. The molecule has 0 bridgehead atoms. The third-order valence-electron chi connectivity index (χ3n) is 7.29. The minimum Gasteiger partial charge on any atom is -0.461 e. The Kier molecular flexibility index (Phi) is 7.12. The third-order valence-corrected chi connectivity index (χ3v) is 8.68. The van der Waals surface area contributed by atoms with Crippen molar-refractivity contribution in [2.24, 2.45) is 0 Å². The highest BCUT2D eigenvalue weighted by molar-refractivity contribution is 7.85. The summed E-state index contributed by atoms with van der Waals surface area (Å²) >= 11 is 0. The maximum absolute atomic E-state index is 14.8. The van der Waals surface area contributed by atoms with Crippen molar-refractivity contribution in [2.45, 2.75) is 18.8 Å². The summed E-state index contributed by atoms with van der Waals surface area (Å²) in [5.74, 6) is 1.77. The molecule has 39 heavy (non-hydrogen) atoms. The van der Waals surface area contributed by atoms with Crippen molar-refractivity contribution in [3.63, 3.8) is 0 Å². The summed E-state index contributed by atoms with van der Waals surface area (Å²) in [7, 11) is -0.829. The fourth-order valence-electron chi connectivity index (χ4n) is 5.15. The molecule has 0 radical (unpaired) electrons. The normalized spacial score (nSPS) is 20.5. The van der Waals surface area contributed by atoms with Crippen LogP contribution in [0.2, 0.25) is 0 Å². The molecule has 2 fully saturated rings. The Morgan fingerprint density at radius 3 is 2.62 bits per heavy atom. The average molecular weight is 558 g/mol. The number of rotatable bonds is 7. The SMILES string of the molecule is Nc1nc(NCCN2CCN(c3cc(C4CCS(=O)CC4)c(F)cc3F)CC2)nc2nc(-c3ccco3)nn12. The quantitative estimate of drug-likeness (QED) is 0.349. The van der Waals surface area contributed by atoms with Gasteiger partial charge in [-0.05, 0) is 42.5 Å². The molecule has 206 valence electrons. The fourth-order valence-corrected chi connectivity index (χ4v) is 6.45. The second kappa shape index (κ2) is 10.8. The number of halogens is 2. The monoisotopic (exact) mass is 557 g/mol. The van der Waals surface area contributed by atoms with Gasteiger partial charge in [-0.1, -0.05) is 0 Å². The predicted octanol–water partition coefficient (Wildman–Crippen LogP) is 2.50. The lowest BCUT2D eigenvalue weighted by molar-refractivity contribution is 0.266. The molecule has 0 spiro atoms. The Bertz CT molecular complexity index is 1480. The van der Waals surface area contributed by atoms with E-state index in [-0.39, 0.29) is 11.9 Å². The molecule has 0 amide bonds. The largest absolute Gasteiger partial charge is 0.461 e. The summed E-state index contributed by atoms with van der Waals surface area (Å²) in [4.78, 5) is 17.3. The van der Waals surface area contributed by atoms with Gasteiger partial charge in [0.15, 0.2) is 5.76 Å². The number of hydrogen-bond acceptors (Lipinski definition) is 10.